The minimum Gasteiger partial charge on any atom is -0.251 e. The molecule has 0 aliphatic carbocycles. The van der Waals surface area contributed by atoms with Crippen LogP contribution in [0.25, 0.3) is 5.57 Å². The number of aromatic nitrogens is 1. The van der Waals surface area contributed by atoms with E-state index in [9.17, 15) is 13.2 Å². The first-order chi connectivity index (χ1) is 6.46. The summed E-state index contributed by atoms with van der Waals surface area (Å²) in [5, 5.41) is 0.293. The Labute approximate surface area is 87.8 Å². The first kappa shape index (κ1) is 11.2. The van der Waals surface area contributed by atoms with Gasteiger partial charge >= 0.3 is 6.18 Å². The molecule has 0 unspecified atom stereocenters. The molecule has 0 spiro atoms. The number of halogens is 4. The van der Waals surface area contributed by atoms with Gasteiger partial charge in [0.05, 0.1) is 0 Å². The van der Waals surface area contributed by atoms with E-state index in [1.165, 1.54) is 12.1 Å². The molecular formula is C9H7BrF3N. The zero-order valence-corrected chi connectivity index (χ0v) is 8.69. The molecule has 0 aromatic carbocycles. The topological polar surface area (TPSA) is 12.9 Å². The highest BCUT2D eigenvalue weighted by Crippen LogP contribution is 2.32. The van der Waals surface area contributed by atoms with Crippen LogP contribution in [0.15, 0.2) is 24.9 Å². The third-order valence-electron chi connectivity index (χ3n) is 1.62. The Balaban J connectivity index is 3.23. The van der Waals surface area contributed by atoms with Crippen molar-refractivity contribution >= 4 is 21.5 Å². The maximum atomic E-state index is 12.4. The van der Waals surface area contributed by atoms with Gasteiger partial charge in [-0.3, -0.25) is 4.98 Å². The van der Waals surface area contributed by atoms with E-state index in [4.69, 9.17) is 0 Å². The third-order valence-corrected chi connectivity index (χ3v) is 2.30. The number of alkyl halides is 4. The van der Waals surface area contributed by atoms with Crippen molar-refractivity contribution in [1.29, 1.82) is 0 Å². The fraction of sp³-hybridized carbons (Fsp3) is 0.222. The summed E-state index contributed by atoms with van der Waals surface area (Å²) in [6.45, 7) is 3.53. The van der Waals surface area contributed by atoms with Crippen molar-refractivity contribution in [3.05, 3.63) is 36.2 Å². The second-order valence-electron chi connectivity index (χ2n) is 2.63. The van der Waals surface area contributed by atoms with Crippen LogP contribution in [0.4, 0.5) is 13.2 Å². The molecule has 1 heterocycles. The quantitative estimate of drug-likeness (QED) is 0.746. The monoisotopic (exact) mass is 265 g/mol. The van der Waals surface area contributed by atoms with Crippen molar-refractivity contribution in [3.63, 3.8) is 0 Å². The first-order valence-electron chi connectivity index (χ1n) is 3.73. The van der Waals surface area contributed by atoms with E-state index >= 15 is 0 Å². The molecule has 0 atom stereocenters. The highest BCUT2D eigenvalue weighted by Gasteiger charge is 2.35. The third kappa shape index (κ3) is 2.35. The zero-order chi connectivity index (χ0) is 10.8. The molecule has 1 aromatic rings. The zero-order valence-electron chi connectivity index (χ0n) is 7.11. The molecule has 0 N–H and O–H groups in total. The Kier molecular flexibility index (Phi) is 3.31. The van der Waals surface area contributed by atoms with Crippen molar-refractivity contribution in [1.82, 2.24) is 4.98 Å². The van der Waals surface area contributed by atoms with Gasteiger partial charge in [0.25, 0.3) is 0 Å². The van der Waals surface area contributed by atoms with E-state index in [1.807, 2.05) is 0 Å². The largest absolute Gasteiger partial charge is 0.433 e. The Hall–Kier alpha value is -0.840. The first-order valence-corrected chi connectivity index (χ1v) is 4.85. The second-order valence-corrected chi connectivity index (χ2v) is 3.20. The Morgan fingerprint density at radius 2 is 2.14 bits per heavy atom. The average Bonchev–Trinajstić information content (AvgIpc) is 2.15. The maximum Gasteiger partial charge on any atom is 0.433 e. The number of pyridine rings is 1. The summed E-state index contributed by atoms with van der Waals surface area (Å²) in [5.41, 5.74) is -0.480. The molecular weight excluding hydrogens is 259 g/mol. The molecule has 1 nitrogen and oxygen atoms in total. The van der Waals surface area contributed by atoms with Gasteiger partial charge in [0.2, 0.25) is 0 Å². The Morgan fingerprint density at radius 3 is 2.64 bits per heavy atom. The number of rotatable bonds is 2. The summed E-state index contributed by atoms with van der Waals surface area (Å²) >= 11 is 3.06. The summed E-state index contributed by atoms with van der Waals surface area (Å²) in [5.74, 6) is 0. The van der Waals surface area contributed by atoms with Gasteiger partial charge in [-0.15, -0.1) is 0 Å². The lowest BCUT2D eigenvalue weighted by atomic mass is 10.1. The van der Waals surface area contributed by atoms with Crippen LogP contribution in [-0.2, 0) is 6.18 Å². The van der Waals surface area contributed by atoms with Crippen molar-refractivity contribution < 1.29 is 13.2 Å². The molecule has 5 heteroatoms. The fourth-order valence-electron chi connectivity index (χ4n) is 0.988. The molecule has 0 aliphatic heterocycles. The molecule has 0 aliphatic rings. The molecule has 0 amide bonds. The smallest absolute Gasteiger partial charge is 0.251 e. The van der Waals surface area contributed by atoms with Gasteiger partial charge in [0.15, 0.2) is 5.69 Å². The summed E-state index contributed by atoms with van der Waals surface area (Å²) in [6.07, 6.45) is -3.31. The van der Waals surface area contributed by atoms with Gasteiger partial charge in [-0.25, -0.2) is 0 Å². The number of nitrogens with zero attached hydrogens (tertiary/aromatic N) is 1. The molecule has 0 saturated heterocycles. The van der Waals surface area contributed by atoms with Gasteiger partial charge in [0.1, 0.15) is 0 Å². The van der Waals surface area contributed by atoms with Gasteiger partial charge in [-0.1, -0.05) is 28.6 Å². The predicted octanol–water partition coefficient (Wildman–Crippen LogP) is 3.51. The van der Waals surface area contributed by atoms with Crippen LogP contribution in [0.3, 0.4) is 0 Å². The van der Waals surface area contributed by atoms with Gasteiger partial charge in [0, 0.05) is 17.1 Å². The van der Waals surface area contributed by atoms with Crippen molar-refractivity contribution in [3.8, 4) is 0 Å². The molecule has 76 valence electrons. The summed E-state index contributed by atoms with van der Waals surface area (Å²) in [4.78, 5) is 3.31. The number of hydrogen-bond acceptors (Lipinski definition) is 1. The normalized spacial score (nSPS) is 11.4. The van der Waals surface area contributed by atoms with E-state index in [1.54, 1.807) is 0 Å². The molecule has 14 heavy (non-hydrogen) atoms. The van der Waals surface area contributed by atoms with E-state index in [0.29, 0.717) is 10.9 Å². The van der Waals surface area contributed by atoms with Crippen molar-refractivity contribution in [2.45, 2.75) is 6.18 Å². The van der Waals surface area contributed by atoms with Crippen molar-refractivity contribution in [2.75, 3.05) is 5.33 Å². The molecule has 1 aromatic heterocycles. The summed E-state index contributed by atoms with van der Waals surface area (Å²) in [7, 11) is 0. The van der Waals surface area contributed by atoms with Crippen LogP contribution < -0.4 is 0 Å². The van der Waals surface area contributed by atoms with Gasteiger partial charge < -0.3 is 0 Å². The Morgan fingerprint density at radius 1 is 1.50 bits per heavy atom. The molecule has 0 radical (unpaired) electrons. The van der Waals surface area contributed by atoms with Crippen LogP contribution in [-0.4, -0.2) is 10.3 Å². The number of allylic oxidation sites excluding steroid dienone is 1. The van der Waals surface area contributed by atoms with Crippen molar-refractivity contribution in [2.24, 2.45) is 0 Å². The van der Waals surface area contributed by atoms with E-state index in [0.717, 1.165) is 6.20 Å². The molecule has 0 bridgehead atoms. The minimum absolute atomic E-state index is 0.0388. The summed E-state index contributed by atoms with van der Waals surface area (Å²) < 4.78 is 37.3. The standard InChI is InChI=1S/C9H7BrF3N/c1-6(5-10)7-3-2-4-14-8(7)9(11,12)13/h2-4H,1,5H2. The SMILES string of the molecule is C=C(CBr)c1cccnc1C(F)(F)F. The van der Waals surface area contributed by atoms with Gasteiger partial charge in [-0.2, -0.15) is 13.2 Å². The van der Waals surface area contributed by atoms with Crippen LogP contribution >= 0.6 is 15.9 Å². The molecule has 0 fully saturated rings. The van der Waals surface area contributed by atoms with Crippen LogP contribution in [0.2, 0.25) is 0 Å². The minimum atomic E-state index is -4.43. The lowest BCUT2D eigenvalue weighted by Gasteiger charge is -2.11. The van der Waals surface area contributed by atoms with E-state index < -0.39 is 11.9 Å². The lowest BCUT2D eigenvalue weighted by molar-refractivity contribution is -0.141. The maximum absolute atomic E-state index is 12.4. The van der Waals surface area contributed by atoms with E-state index in [2.05, 4.69) is 27.5 Å². The average molecular weight is 266 g/mol. The molecule has 0 saturated carbocycles. The highest BCUT2D eigenvalue weighted by atomic mass is 79.9. The number of hydrogen-bond donors (Lipinski definition) is 0. The van der Waals surface area contributed by atoms with Crippen LogP contribution in [0.5, 0.6) is 0 Å². The summed E-state index contributed by atoms with van der Waals surface area (Å²) in [6, 6.07) is 2.82. The predicted molar refractivity (Wildman–Crippen MR) is 52.1 cm³/mol. The second kappa shape index (κ2) is 4.13. The van der Waals surface area contributed by atoms with E-state index in [-0.39, 0.29) is 5.56 Å². The van der Waals surface area contributed by atoms with Gasteiger partial charge in [-0.05, 0) is 11.6 Å². The fourth-order valence-corrected chi connectivity index (χ4v) is 1.29. The molecule has 1 rings (SSSR count). The lowest BCUT2D eigenvalue weighted by Crippen LogP contribution is -2.11. The van der Waals surface area contributed by atoms with Crippen LogP contribution in [0, 0.1) is 0 Å². The van der Waals surface area contributed by atoms with Crippen LogP contribution in [0.1, 0.15) is 11.3 Å². The Bertz CT molecular complexity index is 346. The highest BCUT2D eigenvalue weighted by molar-refractivity contribution is 9.09.